The van der Waals surface area contributed by atoms with Crippen LogP contribution in [-0.4, -0.2) is 36.3 Å². The Balaban J connectivity index is 1.53. The van der Waals surface area contributed by atoms with Crippen molar-refractivity contribution in [2.45, 2.75) is 6.54 Å². The number of benzene rings is 2. The fourth-order valence-electron chi connectivity index (χ4n) is 3.59. The quantitative estimate of drug-likeness (QED) is 0.300. The molecule has 0 aliphatic heterocycles. The predicted octanol–water partition coefficient (Wildman–Crippen LogP) is 4.13. The molecule has 158 valence electrons. The van der Waals surface area contributed by atoms with Gasteiger partial charge in [-0.25, -0.2) is 9.67 Å². The molecule has 9 heteroatoms. The van der Waals surface area contributed by atoms with Crippen LogP contribution < -0.4 is 4.90 Å². The van der Waals surface area contributed by atoms with Gasteiger partial charge in [0.05, 0.1) is 11.4 Å². The van der Waals surface area contributed by atoms with Crippen LogP contribution in [0.4, 0.5) is 11.6 Å². The molecular formula is C23H19N7O2. The number of nitrogens with zero attached hydrogens (tertiary/aromatic N) is 7. The normalized spacial score (nSPS) is 11.0. The third kappa shape index (κ3) is 3.56. The lowest BCUT2D eigenvalue weighted by molar-refractivity contribution is -0.391. The molecule has 0 saturated carbocycles. The molecule has 0 saturated heterocycles. The summed E-state index contributed by atoms with van der Waals surface area (Å²) in [6.45, 7) is 0.512. The number of hydrogen-bond donors (Lipinski definition) is 0. The molecule has 0 N–H and O–H groups in total. The number of aromatic nitrogens is 5. The molecule has 0 radical (unpaired) electrons. The van der Waals surface area contributed by atoms with E-state index in [1.807, 2.05) is 83.5 Å². The topological polar surface area (TPSA) is 94.4 Å². The van der Waals surface area contributed by atoms with Crippen molar-refractivity contribution in [2.24, 2.45) is 0 Å². The van der Waals surface area contributed by atoms with E-state index in [4.69, 9.17) is 5.10 Å². The van der Waals surface area contributed by atoms with Crippen molar-refractivity contribution in [1.29, 1.82) is 0 Å². The number of rotatable bonds is 6. The Hall–Kier alpha value is -4.53. The van der Waals surface area contributed by atoms with Gasteiger partial charge in [0.15, 0.2) is 5.82 Å². The van der Waals surface area contributed by atoms with Gasteiger partial charge in [-0.2, -0.15) is 5.10 Å². The van der Waals surface area contributed by atoms with E-state index in [1.165, 1.54) is 10.7 Å². The van der Waals surface area contributed by atoms with Gasteiger partial charge in [0.25, 0.3) is 0 Å². The summed E-state index contributed by atoms with van der Waals surface area (Å²) in [7, 11) is 1.89. The highest BCUT2D eigenvalue weighted by Crippen LogP contribution is 2.26. The molecule has 0 aliphatic carbocycles. The van der Waals surface area contributed by atoms with Crippen molar-refractivity contribution in [3.8, 4) is 16.9 Å². The van der Waals surface area contributed by atoms with Gasteiger partial charge >= 0.3 is 5.82 Å². The summed E-state index contributed by atoms with van der Waals surface area (Å²) in [6.07, 6.45) is 3.22. The van der Waals surface area contributed by atoms with Gasteiger partial charge in [-0.3, -0.25) is 0 Å². The molecule has 5 rings (SSSR count). The van der Waals surface area contributed by atoms with Crippen LogP contribution in [0.1, 0.15) is 5.56 Å². The number of anilines is 1. The summed E-state index contributed by atoms with van der Waals surface area (Å²) in [5.41, 5.74) is 4.28. The maximum Gasteiger partial charge on any atom is 0.368 e. The molecule has 3 aromatic heterocycles. The fraction of sp³-hybridized carbons (Fsp3) is 0.0870. The summed E-state index contributed by atoms with van der Waals surface area (Å²) in [5.74, 6) is 0.419. The first-order chi connectivity index (χ1) is 15.6. The van der Waals surface area contributed by atoms with E-state index in [0.717, 1.165) is 22.5 Å². The average Bonchev–Trinajstić information content (AvgIpc) is 3.44. The highest BCUT2D eigenvalue weighted by molar-refractivity contribution is 5.64. The number of imidazole rings is 1. The molecule has 5 aromatic rings. The van der Waals surface area contributed by atoms with E-state index in [9.17, 15) is 10.1 Å². The van der Waals surface area contributed by atoms with E-state index in [-0.39, 0.29) is 5.82 Å². The van der Waals surface area contributed by atoms with E-state index >= 15 is 0 Å². The summed E-state index contributed by atoms with van der Waals surface area (Å²) < 4.78 is 3.11. The lowest BCUT2D eigenvalue weighted by atomic mass is 10.1. The highest BCUT2D eigenvalue weighted by Gasteiger charge is 2.19. The minimum Gasteiger partial charge on any atom is -0.358 e. The second-order valence-corrected chi connectivity index (χ2v) is 7.34. The Morgan fingerprint density at radius 3 is 2.41 bits per heavy atom. The lowest BCUT2D eigenvalue weighted by Gasteiger charge is -2.16. The first-order valence-electron chi connectivity index (χ1n) is 10.00. The number of fused-ring (bicyclic) bond motifs is 1. The minimum atomic E-state index is -0.492. The molecule has 32 heavy (non-hydrogen) atoms. The van der Waals surface area contributed by atoms with Crippen LogP contribution in [0.2, 0.25) is 0 Å². The van der Waals surface area contributed by atoms with Crippen molar-refractivity contribution in [3.63, 3.8) is 0 Å². The predicted molar refractivity (Wildman–Crippen MR) is 121 cm³/mol. The molecular weight excluding hydrogens is 406 g/mol. The van der Waals surface area contributed by atoms with E-state index < -0.39 is 4.92 Å². The second kappa shape index (κ2) is 7.95. The molecule has 3 heterocycles. The van der Waals surface area contributed by atoms with Crippen LogP contribution >= 0.6 is 0 Å². The zero-order chi connectivity index (χ0) is 22.1. The van der Waals surface area contributed by atoms with Gasteiger partial charge in [-0.15, -0.1) is 0 Å². The van der Waals surface area contributed by atoms with Crippen LogP contribution in [0.5, 0.6) is 0 Å². The van der Waals surface area contributed by atoms with Crippen molar-refractivity contribution < 1.29 is 4.92 Å². The summed E-state index contributed by atoms with van der Waals surface area (Å²) >= 11 is 0. The fourth-order valence-corrected chi connectivity index (χ4v) is 3.59. The van der Waals surface area contributed by atoms with E-state index in [2.05, 4.69) is 10.1 Å². The van der Waals surface area contributed by atoms with Gasteiger partial charge in [-0.1, -0.05) is 58.1 Å². The van der Waals surface area contributed by atoms with Crippen molar-refractivity contribution >= 4 is 17.3 Å². The standard InChI is InChI=1S/C23H19N7O2/c1-27(21-13-12-20-24-14-22(30(31)32)29(20)25-21)15-18-16-28(19-10-6-3-7-11-19)26-23(18)17-8-4-2-5-9-17/h2-14,16H,15H2,1H3. The third-order valence-electron chi connectivity index (χ3n) is 5.17. The minimum absolute atomic E-state index is 0.169. The van der Waals surface area contributed by atoms with Gasteiger partial charge in [0, 0.05) is 37.0 Å². The smallest absolute Gasteiger partial charge is 0.358 e. The number of nitro groups is 1. The molecule has 9 nitrogen and oxygen atoms in total. The number of para-hydroxylation sites is 1. The first-order valence-corrected chi connectivity index (χ1v) is 10.00. The Labute approximate surface area is 183 Å². The molecule has 0 amide bonds. The Kier molecular flexibility index (Phi) is 4.83. The first kappa shape index (κ1) is 19.4. The van der Waals surface area contributed by atoms with Crippen molar-refractivity contribution in [1.82, 2.24) is 24.4 Å². The maximum absolute atomic E-state index is 11.3. The van der Waals surface area contributed by atoms with Crippen LogP contribution in [-0.2, 0) is 6.54 Å². The highest BCUT2D eigenvalue weighted by atomic mass is 16.6. The molecule has 0 bridgehead atoms. The molecule has 0 spiro atoms. The van der Waals surface area contributed by atoms with Crippen LogP contribution in [0.15, 0.2) is 85.2 Å². The Bertz CT molecular complexity index is 1390. The largest absolute Gasteiger partial charge is 0.368 e. The van der Waals surface area contributed by atoms with Gasteiger partial charge in [-0.05, 0) is 23.1 Å². The molecule has 0 atom stereocenters. The lowest BCUT2D eigenvalue weighted by Crippen LogP contribution is -2.19. The van der Waals surface area contributed by atoms with Crippen molar-refractivity contribution in [2.75, 3.05) is 11.9 Å². The van der Waals surface area contributed by atoms with Crippen LogP contribution in [0.3, 0.4) is 0 Å². The van der Waals surface area contributed by atoms with Gasteiger partial charge in [0.1, 0.15) is 6.20 Å². The molecule has 0 unspecified atom stereocenters. The SMILES string of the molecule is CN(Cc1cn(-c2ccccc2)nc1-c1ccccc1)c1ccc2ncc([N+](=O)[O-])n2n1. The second-order valence-electron chi connectivity index (χ2n) is 7.34. The zero-order valence-electron chi connectivity index (χ0n) is 17.2. The molecule has 0 aliphatic rings. The monoisotopic (exact) mass is 425 g/mol. The summed E-state index contributed by atoms with van der Waals surface area (Å²) in [6, 6.07) is 23.4. The zero-order valence-corrected chi connectivity index (χ0v) is 17.2. The summed E-state index contributed by atoms with van der Waals surface area (Å²) in [4.78, 5) is 16.7. The molecule has 0 fully saturated rings. The Morgan fingerprint density at radius 1 is 0.969 bits per heavy atom. The summed E-state index contributed by atoms with van der Waals surface area (Å²) in [5, 5.41) is 20.5. The third-order valence-corrected chi connectivity index (χ3v) is 5.17. The van der Waals surface area contributed by atoms with Crippen molar-refractivity contribution in [3.05, 3.63) is 101 Å². The Morgan fingerprint density at radius 2 is 1.69 bits per heavy atom. The van der Waals surface area contributed by atoms with E-state index in [0.29, 0.717) is 18.0 Å². The van der Waals surface area contributed by atoms with E-state index in [1.54, 1.807) is 12.1 Å². The maximum atomic E-state index is 11.3. The number of hydrogen-bond acceptors (Lipinski definition) is 6. The van der Waals surface area contributed by atoms with Crippen LogP contribution in [0.25, 0.3) is 22.6 Å². The average molecular weight is 425 g/mol. The molecule has 2 aromatic carbocycles. The van der Waals surface area contributed by atoms with Gasteiger partial charge in [0.2, 0.25) is 5.65 Å². The van der Waals surface area contributed by atoms with Crippen LogP contribution in [0, 0.1) is 10.1 Å². The van der Waals surface area contributed by atoms with Gasteiger partial charge < -0.3 is 15.0 Å².